The van der Waals surface area contributed by atoms with Gasteiger partial charge in [0.05, 0.1) is 11.1 Å². The van der Waals surface area contributed by atoms with Gasteiger partial charge in [0.1, 0.15) is 11.5 Å². The van der Waals surface area contributed by atoms with Crippen LogP contribution in [0.25, 0.3) is 0 Å². The summed E-state index contributed by atoms with van der Waals surface area (Å²) in [5.41, 5.74) is 2.09. The van der Waals surface area contributed by atoms with Crippen molar-refractivity contribution in [3.05, 3.63) is 59.7 Å². The minimum atomic E-state index is -2.66. The maximum Gasteiger partial charge on any atom is 0.507 e. The van der Waals surface area contributed by atoms with E-state index in [2.05, 4.69) is 0 Å². The molecule has 0 bridgehead atoms. The van der Waals surface area contributed by atoms with E-state index >= 15 is 0 Å². The molecule has 0 aliphatic rings. The van der Waals surface area contributed by atoms with Crippen molar-refractivity contribution in [2.75, 3.05) is 42.7 Å². The van der Waals surface area contributed by atoms with E-state index < -0.39 is 17.6 Å². The Balaban J connectivity index is 0.000000320. The summed E-state index contributed by atoms with van der Waals surface area (Å²) >= 11 is 0. The van der Waals surface area contributed by atoms with E-state index in [4.69, 9.17) is 26.6 Å². The lowest BCUT2D eigenvalue weighted by atomic mass is 10.1. The molecule has 0 aliphatic heterocycles. The van der Waals surface area contributed by atoms with E-state index in [0.717, 1.165) is 11.1 Å². The molecule has 0 amide bonds. The van der Waals surface area contributed by atoms with Crippen LogP contribution in [-0.2, 0) is 26.6 Å². The third-order valence-electron chi connectivity index (χ3n) is 5.55. The fourth-order valence-corrected chi connectivity index (χ4v) is 7.82. The van der Waals surface area contributed by atoms with Gasteiger partial charge in [0.25, 0.3) is 0 Å². The van der Waals surface area contributed by atoms with E-state index in [1.165, 1.54) is 0 Å². The Bertz CT molecular complexity index is 693. The van der Waals surface area contributed by atoms with Gasteiger partial charge in [-0.15, -0.1) is 0 Å². The van der Waals surface area contributed by atoms with Gasteiger partial charge in [-0.2, -0.15) is 0 Å². The van der Waals surface area contributed by atoms with Crippen LogP contribution in [0, 0.1) is 0 Å². The Morgan fingerprint density at radius 1 is 0.500 bits per heavy atom. The third kappa shape index (κ3) is 6.62. The van der Waals surface area contributed by atoms with Gasteiger partial charge in [-0.05, 0) is 35.4 Å². The van der Waals surface area contributed by atoms with Crippen LogP contribution in [0.4, 0.5) is 0 Å². The first-order chi connectivity index (χ1) is 15.2. The number of phenolic OH excluding ortho intramolecular Hbond substituents is 2. The lowest BCUT2D eigenvalue weighted by Crippen LogP contribution is -2.48. The summed E-state index contributed by atoms with van der Waals surface area (Å²) in [5.74, 6) is 0.492. The highest BCUT2D eigenvalue weighted by Crippen LogP contribution is 2.30. The first-order valence-electron chi connectivity index (χ1n) is 10.1. The zero-order chi connectivity index (χ0) is 24.4. The van der Waals surface area contributed by atoms with Crippen molar-refractivity contribution >= 4 is 17.6 Å². The minimum Gasteiger partial charge on any atom is -0.508 e. The van der Waals surface area contributed by atoms with Crippen molar-refractivity contribution in [1.82, 2.24) is 0 Å². The first-order valence-corrected chi connectivity index (χ1v) is 13.7. The van der Waals surface area contributed by atoms with Gasteiger partial charge in [0.15, 0.2) is 0 Å². The zero-order valence-electron chi connectivity index (χ0n) is 20.1. The molecule has 0 fully saturated rings. The predicted molar refractivity (Wildman–Crippen MR) is 127 cm³/mol. The Kier molecular flexibility index (Phi) is 11.5. The van der Waals surface area contributed by atoms with Crippen LogP contribution < -0.4 is 0 Å². The van der Waals surface area contributed by atoms with E-state index in [-0.39, 0.29) is 22.6 Å². The highest BCUT2D eigenvalue weighted by Gasteiger charge is 2.46. The lowest BCUT2D eigenvalue weighted by molar-refractivity contribution is 0.114. The van der Waals surface area contributed by atoms with Crippen molar-refractivity contribution in [2.24, 2.45) is 0 Å². The van der Waals surface area contributed by atoms with Crippen molar-refractivity contribution in [3.8, 4) is 11.5 Å². The standard InChI is InChI=1S/2C11H18O4Si/c2*1-9(16(13-2,14-3)15-4)10-5-7-11(12)8-6-10/h2*5-9,12H,1-4H3. The Labute approximate surface area is 193 Å². The van der Waals surface area contributed by atoms with Crippen LogP contribution >= 0.6 is 0 Å². The van der Waals surface area contributed by atoms with Gasteiger partial charge < -0.3 is 36.8 Å². The Morgan fingerprint density at radius 2 is 0.719 bits per heavy atom. The lowest BCUT2D eigenvalue weighted by Gasteiger charge is -2.30. The van der Waals surface area contributed by atoms with Gasteiger partial charge in [-0.25, -0.2) is 0 Å². The van der Waals surface area contributed by atoms with Gasteiger partial charge in [0, 0.05) is 42.7 Å². The smallest absolute Gasteiger partial charge is 0.507 e. The van der Waals surface area contributed by atoms with Crippen LogP contribution in [0.2, 0.25) is 0 Å². The molecule has 180 valence electrons. The number of hydrogen-bond acceptors (Lipinski definition) is 8. The summed E-state index contributed by atoms with van der Waals surface area (Å²) < 4.78 is 32.5. The van der Waals surface area contributed by atoms with Crippen molar-refractivity contribution in [3.63, 3.8) is 0 Å². The minimum absolute atomic E-state index is 0.0214. The number of phenols is 2. The average molecular weight is 485 g/mol. The molecule has 10 heteroatoms. The summed E-state index contributed by atoms with van der Waals surface area (Å²) in [7, 11) is 4.24. The molecule has 2 unspecified atom stereocenters. The van der Waals surface area contributed by atoms with Crippen LogP contribution in [0.3, 0.4) is 0 Å². The quantitative estimate of drug-likeness (QED) is 0.491. The molecule has 2 aromatic carbocycles. The molecule has 0 radical (unpaired) electrons. The van der Waals surface area contributed by atoms with Crippen molar-refractivity contribution in [2.45, 2.75) is 24.9 Å². The summed E-state index contributed by atoms with van der Waals surface area (Å²) in [5, 5.41) is 18.5. The summed E-state index contributed by atoms with van der Waals surface area (Å²) in [6.45, 7) is 3.99. The molecule has 0 saturated carbocycles. The number of rotatable bonds is 10. The number of aromatic hydroxyl groups is 2. The summed E-state index contributed by atoms with van der Waals surface area (Å²) in [4.78, 5) is 0. The molecule has 2 N–H and O–H groups in total. The molecule has 0 spiro atoms. The topological polar surface area (TPSA) is 95.8 Å². The molecule has 2 atom stereocenters. The fourth-order valence-electron chi connectivity index (χ4n) is 3.49. The van der Waals surface area contributed by atoms with E-state index in [9.17, 15) is 10.2 Å². The Hall–Kier alpha value is -1.77. The summed E-state index contributed by atoms with van der Waals surface area (Å²) in [6.07, 6.45) is 0. The predicted octanol–water partition coefficient (Wildman–Crippen LogP) is 3.83. The van der Waals surface area contributed by atoms with Crippen LogP contribution in [-0.4, -0.2) is 70.5 Å². The van der Waals surface area contributed by atoms with Gasteiger partial charge in [0.2, 0.25) is 0 Å². The zero-order valence-corrected chi connectivity index (χ0v) is 22.1. The second kappa shape index (κ2) is 13.1. The van der Waals surface area contributed by atoms with Crippen LogP contribution in [0.15, 0.2) is 48.5 Å². The molecule has 2 rings (SSSR count). The van der Waals surface area contributed by atoms with Crippen LogP contribution in [0.5, 0.6) is 11.5 Å². The molecule has 32 heavy (non-hydrogen) atoms. The van der Waals surface area contributed by atoms with Crippen molar-refractivity contribution < 1.29 is 36.8 Å². The van der Waals surface area contributed by atoms with Gasteiger partial charge >= 0.3 is 17.6 Å². The molecule has 2 aromatic rings. The molecular weight excluding hydrogens is 448 g/mol. The first kappa shape index (κ1) is 28.3. The second-order valence-electron chi connectivity index (χ2n) is 7.06. The maximum absolute atomic E-state index is 9.23. The SMILES string of the molecule is CO[Si](OC)(OC)C(C)c1ccc(O)cc1.CO[Si](OC)(OC)C(C)c1ccc(O)cc1. The largest absolute Gasteiger partial charge is 0.508 e. The second-order valence-corrected chi connectivity index (χ2v) is 13.7. The molecular formula is C22H36O8Si2. The molecule has 8 nitrogen and oxygen atoms in total. The van der Waals surface area contributed by atoms with Gasteiger partial charge in [-0.3, -0.25) is 0 Å². The number of benzene rings is 2. The maximum atomic E-state index is 9.23. The molecule has 0 heterocycles. The highest BCUT2D eigenvalue weighted by molar-refractivity contribution is 6.62. The van der Waals surface area contributed by atoms with E-state index in [0.29, 0.717) is 0 Å². The highest BCUT2D eigenvalue weighted by atomic mass is 28.4. The normalized spacial score (nSPS) is 13.8. The average Bonchev–Trinajstić information content (AvgIpc) is 2.83. The number of hydrogen-bond donors (Lipinski definition) is 2. The van der Waals surface area contributed by atoms with Gasteiger partial charge in [-0.1, -0.05) is 38.1 Å². The third-order valence-corrected chi connectivity index (χ3v) is 11.8. The van der Waals surface area contributed by atoms with E-state index in [1.807, 2.05) is 38.1 Å². The molecule has 0 aromatic heterocycles. The monoisotopic (exact) mass is 484 g/mol. The van der Waals surface area contributed by atoms with E-state index in [1.54, 1.807) is 66.9 Å². The fraction of sp³-hybridized carbons (Fsp3) is 0.455. The van der Waals surface area contributed by atoms with Crippen LogP contribution in [0.1, 0.15) is 36.1 Å². The van der Waals surface area contributed by atoms with Crippen molar-refractivity contribution in [1.29, 1.82) is 0 Å². The Morgan fingerprint density at radius 3 is 0.906 bits per heavy atom. The molecule has 0 saturated heterocycles. The summed E-state index contributed by atoms with van der Waals surface area (Å²) in [6, 6.07) is 14.0. The molecule has 0 aliphatic carbocycles.